The van der Waals surface area contributed by atoms with Crippen molar-refractivity contribution >= 4 is 17.1 Å². The zero-order valence-electron chi connectivity index (χ0n) is 11.4. The molecule has 0 unspecified atom stereocenters. The van der Waals surface area contributed by atoms with Gasteiger partial charge in [-0.3, -0.25) is 0 Å². The molecule has 0 N–H and O–H groups in total. The topological polar surface area (TPSA) is 4.41 Å². The van der Waals surface area contributed by atoms with Gasteiger partial charge in [0.2, 0.25) is 0 Å². The molecule has 0 spiro atoms. The predicted molar refractivity (Wildman–Crippen MR) is 82.1 cm³/mol. The van der Waals surface area contributed by atoms with E-state index in [0.29, 0.717) is 0 Å². The monoisotopic (exact) mass is 269 g/mol. The smallest absolute Gasteiger partial charge is 0.0491 e. The van der Waals surface area contributed by atoms with Crippen molar-refractivity contribution < 1.29 is 0 Å². The van der Waals surface area contributed by atoms with Gasteiger partial charge in [-0.25, -0.2) is 0 Å². The SMILES string of the molecule is Cc1c(-c2ccc(Cl)cc2)c(C)n2c(C)cccc12. The molecule has 0 aliphatic rings. The zero-order valence-corrected chi connectivity index (χ0v) is 12.1. The van der Waals surface area contributed by atoms with Gasteiger partial charge in [0, 0.05) is 27.5 Å². The number of fused-ring (bicyclic) bond motifs is 1. The highest BCUT2D eigenvalue weighted by Gasteiger charge is 2.14. The molecule has 0 aliphatic heterocycles. The van der Waals surface area contributed by atoms with Crippen molar-refractivity contribution in [3.05, 3.63) is 64.4 Å². The molecule has 19 heavy (non-hydrogen) atoms. The first kappa shape index (κ1) is 12.3. The summed E-state index contributed by atoms with van der Waals surface area (Å²) in [7, 11) is 0. The van der Waals surface area contributed by atoms with Crippen LogP contribution in [-0.4, -0.2) is 4.40 Å². The standard InChI is InChI=1S/C17H16ClN/c1-11-5-4-6-16-12(2)17(13(3)19(11)16)14-7-9-15(18)10-8-14/h4-10H,1-3H3. The number of aryl methyl sites for hydroxylation is 3. The highest BCUT2D eigenvalue weighted by Crippen LogP contribution is 2.33. The largest absolute Gasteiger partial charge is 0.318 e. The summed E-state index contributed by atoms with van der Waals surface area (Å²) >= 11 is 5.98. The molecular formula is C17H16ClN. The van der Waals surface area contributed by atoms with E-state index in [4.69, 9.17) is 11.6 Å². The molecule has 0 radical (unpaired) electrons. The van der Waals surface area contributed by atoms with Crippen LogP contribution < -0.4 is 0 Å². The summed E-state index contributed by atoms with van der Waals surface area (Å²) in [5.41, 5.74) is 7.69. The highest BCUT2D eigenvalue weighted by atomic mass is 35.5. The van der Waals surface area contributed by atoms with Gasteiger partial charge in [-0.15, -0.1) is 0 Å². The number of pyridine rings is 1. The Kier molecular flexibility index (Phi) is 2.87. The quantitative estimate of drug-likeness (QED) is 0.573. The summed E-state index contributed by atoms with van der Waals surface area (Å²) in [6.45, 7) is 6.51. The number of aromatic nitrogens is 1. The normalized spacial score (nSPS) is 11.2. The van der Waals surface area contributed by atoms with E-state index in [9.17, 15) is 0 Å². The lowest BCUT2D eigenvalue weighted by molar-refractivity contribution is 1.04. The van der Waals surface area contributed by atoms with Crippen LogP contribution in [-0.2, 0) is 0 Å². The molecule has 3 aromatic rings. The predicted octanol–water partition coefficient (Wildman–Crippen LogP) is 5.18. The average Bonchev–Trinajstić information content (AvgIpc) is 2.65. The zero-order chi connectivity index (χ0) is 13.6. The summed E-state index contributed by atoms with van der Waals surface area (Å²) < 4.78 is 2.32. The van der Waals surface area contributed by atoms with Crippen LogP contribution >= 0.6 is 11.6 Å². The second kappa shape index (κ2) is 4.43. The lowest BCUT2D eigenvalue weighted by Crippen LogP contribution is -1.92. The van der Waals surface area contributed by atoms with Gasteiger partial charge in [0.15, 0.2) is 0 Å². The molecule has 0 bridgehead atoms. The van der Waals surface area contributed by atoms with Crippen molar-refractivity contribution in [1.29, 1.82) is 0 Å². The number of nitrogens with zero attached hydrogens (tertiary/aromatic N) is 1. The first-order valence-corrected chi connectivity index (χ1v) is 6.80. The van der Waals surface area contributed by atoms with E-state index < -0.39 is 0 Å². The number of hydrogen-bond acceptors (Lipinski definition) is 0. The molecule has 0 saturated carbocycles. The Morgan fingerprint density at radius 3 is 2.21 bits per heavy atom. The second-order valence-electron chi connectivity index (χ2n) is 4.98. The van der Waals surface area contributed by atoms with E-state index in [0.717, 1.165) is 5.02 Å². The van der Waals surface area contributed by atoms with Crippen molar-refractivity contribution in [2.45, 2.75) is 20.8 Å². The van der Waals surface area contributed by atoms with Crippen LogP contribution in [0.15, 0.2) is 42.5 Å². The Balaban J connectivity index is 2.36. The van der Waals surface area contributed by atoms with E-state index in [1.165, 1.54) is 33.6 Å². The fourth-order valence-electron chi connectivity index (χ4n) is 2.91. The maximum absolute atomic E-state index is 5.98. The van der Waals surface area contributed by atoms with E-state index >= 15 is 0 Å². The van der Waals surface area contributed by atoms with E-state index in [1.54, 1.807) is 0 Å². The van der Waals surface area contributed by atoms with Crippen molar-refractivity contribution in [2.24, 2.45) is 0 Å². The van der Waals surface area contributed by atoms with Gasteiger partial charge in [-0.05, 0) is 56.2 Å². The first-order chi connectivity index (χ1) is 9.09. The number of benzene rings is 1. The molecule has 1 aromatic carbocycles. The molecular weight excluding hydrogens is 254 g/mol. The number of halogens is 1. The molecule has 0 atom stereocenters. The molecule has 0 fully saturated rings. The maximum Gasteiger partial charge on any atom is 0.0491 e. The average molecular weight is 270 g/mol. The van der Waals surface area contributed by atoms with E-state index in [-0.39, 0.29) is 0 Å². The molecule has 0 amide bonds. The van der Waals surface area contributed by atoms with Gasteiger partial charge >= 0.3 is 0 Å². The van der Waals surface area contributed by atoms with Gasteiger partial charge in [-0.1, -0.05) is 29.8 Å². The summed E-state index contributed by atoms with van der Waals surface area (Å²) in [6.07, 6.45) is 0. The number of rotatable bonds is 1. The second-order valence-corrected chi connectivity index (χ2v) is 5.42. The Labute approximate surface area is 118 Å². The molecule has 2 heteroatoms. The van der Waals surface area contributed by atoms with Crippen molar-refractivity contribution in [1.82, 2.24) is 4.40 Å². The maximum atomic E-state index is 5.98. The van der Waals surface area contributed by atoms with Crippen LogP contribution in [0.2, 0.25) is 5.02 Å². The van der Waals surface area contributed by atoms with Crippen LogP contribution in [0.5, 0.6) is 0 Å². The van der Waals surface area contributed by atoms with Gasteiger partial charge in [0.1, 0.15) is 0 Å². The molecule has 2 heterocycles. The molecule has 0 saturated heterocycles. The highest BCUT2D eigenvalue weighted by molar-refractivity contribution is 6.30. The molecule has 0 aliphatic carbocycles. The Morgan fingerprint density at radius 2 is 1.58 bits per heavy atom. The first-order valence-electron chi connectivity index (χ1n) is 6.43. The lowest BCUT2D eigenvalue weighted by Gasteiger charge is -2.04. The summed E-state index contributed by atoms with van der Waals surface area (Å²) in [5.74, 6) is 0. The van der Waals surface area contributed by atoms with Crippen LogP contribution in [0.25, 0.3) is 16.6 Å². The minimum atomic E-state index is 0.777. The van der Waals surface area contributed by atoms with Gasteiger partial charge < -0.3 is 4.40 Å². The third-order valence-corrected chi connectivity index (χ3v) is 4.03. The summed E-state index contributed by atoms with van der Waals surface area (Å²) in [5, 5.41) is 0.777. The Hall–Kier alpha value is -1.73. The van der Waals surface area contributed by atoms with E-state index in [2.05, 4.69) is 55.5 Å². The molecule has 2 aromatic heterocycles. The molecule has 3 rings (SSSR count). The number of hydrogen-bond donors (Lipinski definition) is 0. The minimum absolute atomic E-state index is 0.777. The van der Waals surface area contributed by atoms with Crippen molar-refractivity contribution in [3.63, 3.8) is 0 Å². The lowest BCUT2D eigenvalue weighted by atomic mass is 10.0. The van der Waals surface area contributed by atoms with Gasteiger partial charge in [-0.2, -0.15) is 0 Å². The summed E-state index contributed by atoms with van der Waals surface area (Å²) in [4.78, 5) is 0. The summed E-state index contributed by atoms with van der Waals surface area (Å²) in [6, 6.07) is 14.5. The van der Waals surface area contributed by atoms with Gasteiger partial charge in [0.05, 0.1) is 0 Å². The third kappa shape index (κ3) is 1.85. The van der Waals surface area contributed by atoms with Crippen molar-refractivity contribution in [2.75, 3.05) is 0 Å². The Bertz CT molecular complexity index is 751. The van der Waals surface area contributed by atoms with Gasteiger partial charge in [0.25, 0.3) is 0 Å². The fourth-order valence-corrected chi connectivity index (χ4v) is 3.03. The molecule has 1 nitrogen and oxygen atoms in total. The van der Waals surface area contributed by atoms with Crippen molar-refractivity contribution in [3.8, 4) is 11.1 Å². The third-order valence-electron chi connectivity index (χ3n) is 3.77. The van der Waals surface area contributed by atoms with Crippen LogP contribution in [0.3, 0.4) is 0 Å². The molecule has 96 valence electrons. The van der Waals surface area contributed by atoms with Crippen LogP contribution in [0, 0.1) is 20.8 Å². The van der Waals surface area contributed by atoms with Crippen LogP contribution in [0.1, 0.15) is 17.0 Å². The minimum Gasteiger partial charge on any atom is -0.318 e. The van der Waals surface area contributed by atoms with E-state index in [1.807, 2.05) is 12.1 Å². The Morgan fingerprint density at radius 1 is 0.895 bits per heavy atom. The van der Waals surface area contributed by atoms with Crippen LogP contribution in [0.4, 0.5) is 0 Å². The fraction of sp³-hybridized carbons (Fsp3) is 0.176.